The summed E-state index contributed by atoms with van der Waals surface area (Å²) in [6, 6.07) is 4.45. The van der Waals surface area contributed by atoms with Crippen molar-refractivity contribution in [2.45, 2.75) is 0 Å². The van der Waals surface area contributed by atoms with Gasteiger partial charge in [-0.3, -0.25) is 10.1 Å². The Morgan fingerprint density at radius 3 is 2.85 bits per heavy atom. The maximum absolute atomic E-state index is 11.1. The maximum Gasteiger partial charge on any atom is 0.264 e. The Balaban J connectivity index is 2.98. The minimum absolute atomic E-state index is 0.0335. The van der Waals surface area contributed by atoms with Crippen molar-refractivity contribution in [2.75, 3.05) is 0 Å². The van der Waals surface area contributed by atoms with E-state index in [-0.39, 0.29) is 11.3 Å². The molecule has 0 atom stereocenters. The van der Waals surface area contributed by atoms with Gasteiger partial charge in [-0.2, -0.15) is 5.26 Å². The van der Waals surface area contributed by atoms with Gasteiger partial charge in [0.25, 0.3) is 5.91 Å². The fraction of sp³-hybridized carbons (Fsp3) is 0. The zero-order valence-corrected chi connectivity index (χ0v) is 8.57. The van der Waals surface area contributed by atoms with Crippen LogP contribution in [0.3, 0.4) is 0 Å². The summed E-state index contributed by atoms with van der Waals surface area (Å²) in [5.74, 6) is -0.486. The molecule has 0 aliphatic carbocycles. The molecule has 0 bridgehead atoms. The molecule has 66 valence electrons. The second-order valence-corrected chi connectivity index (χ2v) is 3.39. The Kier molecular flexibility index (Phi) is 3.08. The van der Waals surface area contributed by atoms with Gasteiger partial charge in [-0.05, 0) is 40.8 Å². The number of carbonyl (C=O) groups is 1. The lowest BCUT2D eigenvalue weighted by molar-refractivity contribution is 0.0972. The zero-order chi connectivity index (χ0) is 9.84. The summed E-state index contributed by atoms with van der Waals surface area (Å²) >= 11 is 1.94. The lowest BCUT2D eigenvalue weighted by Gasteiger charge is -1.99. The number of nitrogens with zero attached hydrogens (tertiary/aromatic N) is 1. The van der Waals surface area contributed by atoms with Crippen LogP contribution < -0.4 is 5.32 Å². The topological polar surface area (TPSA) is 73.1 Å². The predicted octanol–water partition coefficient (Wildman–Crippen LogP) is 1.21. The third-order valence-corrected chi connectivity index (χ3v) is 2.29. The van der Waals surface area contributed by atoms with Crippen molar-refractivity contribution in [1.82, 2.24) is 5.32 Å². The van der Waals surface area contributed by atoms with E-state index in [4.69, 9.17) is 5.26 Å². The van der Waals surface area contributed by atoms with Gasteiger partial charge in [-0.1, -0.05) is 0 Å². The van der Waals surface area contributed by atoms with Crippen LogP contribution in [-0.2, 0) is 0 Å². The number of phenols is 1. The van der Waals surface area contributed by atoms with Crippen molar-refractivity contribution in [3.05, 3.63) is 27.3 Å². The average molecular weight is 288 g/mol. The Labute approximate surface area is 88.3 Å². The van der Waals surface area contributed by atoms with Crippen LogP contribution in [-0.4, -0.2) is 11.0 Å². The van der Waals surface area contributed by atoms with Crippen LogP contribution in [0.1, 0.15) is 10.4 Å². The molecule has 4 nitrogen and oxygen atoms in total. The number of nitriles is 1. The van der Waals surface area contributed by atoms with Crippen LogP contribution in [0.2, 0.25) is 0 Å². The summed E-state index contributed by atoms with van der Waals surface area (Å²) in [5.41, 5.74) is 0.263. The number of rotatable bonds is 1. The molecule has 2 N–H and O–H groups in total. The van der Waals surface area contributed by atoms with Crippen molar-refractivity contribution in [3.63, 3.8) is 0 Å². The van der Waals surface area contributed by atoms with Crippen LogP contribution in [0.4, 0.5) is 0 Å². The first-order valence-electron chi connectivity index (χ1n) is 3.33. The molecule has 0 unspecified atom stereocenters. The van der Waals surface area contributed by atoms with Crippen LogP contribution in [0, 0.1) is 15.0 Å². The zero-order valence-electron chi connectivity index (χ0n) is 6.41. The summed E-state index contributed by atoms with van der Waals surface area (Å²) < 4.78 is 0.658. The van der Waals surface area contributed by atoms with E-state index in [1.807, 2.05) is 27.9 Å². The van der Waals surface area contributed by atoms with Gasteiger partial charge in [-0.25, -0.2) is 0 Å². The van der Waals surface area contributed by atoms with Gasteiger partial charge in [-0.15, -0.1) is 0 Å². The molecule has 1 amide bonds. The Morgan fingerprint density at radius 1 is 1.62 bits per heavy atom. The van der Waals surface area contributed by atoms with Crippen molar-refractivity contribution in [1.29, 1.82) is 5.26 Å². The number of halogens is 1. The van der Waals surface area contributed by atoms with Gasteiger partial charge in [0.2, 0.25) is 0 Å². The van der Waals surface area contributed by atoms with Gasteiger partial charge in [0, 0.05) is 5.56 Å². The van der Waals surface area contributed by atoms with Gasteiger partial charge in [0.1, 0.15) is 5.75 Å². The first-order valence-corrected chi connectivity index (χ1v) is 4.41. The minimum Gasteiger partial charge on any atom is -0.507 e. The highest BCUT2D eigenvalue weighted by Gasteiger charge is 2.06. The summed E-state index contributed by atoms with van der Waals surface area (Å²) in [6.07, 6.45) is 1.52. The number of phenolic OH excluding ortho intramolecular Hbond substituents is 1. The fourth-order valence-corrected chi connectivity index (χ4v) is 1.11. The van der Waals surface area contributed by atoms with E-state index in [0.29, 0.717) is 3.57 Å². The number of benzene rings is 1. The molecule has 1 rings (SSSR count). The van der Waals surface area contributed by atoms with Crippen LogP contribution in [0.25, 0.3) is 0 Å². The summed E-state index contributed by atoms with van der Waals surface area (Å²) in [4.78, 5) is 11.1. The number of amides is 1. The van der Waals surface area contributed by atoms with Crippen LogP contribution >= 0.6 is 22.6 Å². The molecule has 0 aliphatic rings. The second-order valence-electron chi connectivity index (χ2n) is 2.23. The molecule has 0 saturated heterocycles. The quantitative estimate of drug-likeness (QED) is 0.463. The molecule has 0 fully saturated rings. The van der Waals surface area contributed by atoms with E-state index in [2.05, 4.69) is 0 Å². The molecule has 0 spiro atoms. The molecule has 0 heterocycles. The highest BCUT2D eigenvalue weighted by Crippen LogP contribution is 2.20. The van der Waals surface area contributed by atoms with E-state index in [0.717, 1.165) is 0 Å². The van der Waals surface area contributed by atoms with Gasteiger partial charge in [0.05, 0.1) is 3.57 Å². The van der Waals surface area contributed by atoms with Gasteiger partial charge >= 0.3 is 0 Å². The largest absolute Gasteiger partial charge is 0.507 e. The number of aromatic hydroxyl groups is 1. The SMILES string of the molecule is N#CNC(=O)c1ccc(I)c(O)c1. The van der Waals surface area contributed by atoms with Crippen LogP contribution in [0.5, 0.6) is 5.75 Å². The summed E-state index contributed by atoms with van der Waals surface area (Å²) in [7, 11) is 0. The second kappa shape index (κ2) is 4.09. The monoisotopic (exact) mass is 288 g/mol. The fourth-order valence-electron chi connectivity index (χ4n) is 0.777. The highest BCUT2D eigenvalue weighted by molar-refractivity contribution is 14.1. The smallest absolute Gasteiger partial charge is 0.264 e. The number of hydrogen-bond donors (Lipinski definition) is 2. The number of carbonyl (C=O) groups excluding carboxylic acids is 1. The van der Waals surface area contributed by atoms with Crippen molar-refractivity contribution >= 4 is 28.5 Å². The number of nitrogens with one attached hydrogen (secondary N) is 1. The van der Waals surface area contributed by atoms with Gasteiger partial charge in [0.15, 0.2) is 6.19 Å². The Morgan fingerprint density at radius 2 is 2.31 bits per heavy atom. The lowest BCUT2D eigenvalue weighted by Crippen LogP contribution is -2.17. The summed E-state index contributed by atoms with van der Waals surface area (Å²) in [6.45, 7) is 0. The highest BCUT2D eigenvalue weighted by atomic mass is 127. The van der Waals surface area contributed by atoms with Crippen LogP contribution in [0.15, 0.2) is 18.2 Å². The first kappa shape index (κ1) is 9.80. The Hall–Kier alpha value is -1.29. The van der Waals surface area contributed by atoms with E-state index >= 15 is 0 Å². The summed E-state index contributed by atoms with van der Waals surface area (Å²) in [5, 5.41) is 19.4. The minimum atomic E-state index is -0.519. The van der Waals surface area contributed by atoms with Crippen molar-refractivity contribution in [3.8, 4) is 11.9 Å². The first-order chi connectivity index (χ1) is 6.15. The molecule has 0 saturated carbocycles. The van der Waals surface area contributed by atoms with E-state index in [9.17, 15) is 9.90 Å². The molecule has 1 aromatic carbocycles. The van der Waals surface area contributed by atoms with Gasteiger partial charge < -0.3 is 5.11 Å². The molecule has 0 aromatic heterocycles. The molecule has 0 aliphatic heterocycles. The normalized spacial score (nSPS) is 8.92. The molecular formula is C8H5IN2O2. The molecular weight excluding hydrogens is 283 g/mol. The van der Waals surface area contributed by atoms with E-state index < -0.39 is 5.91 Å². The average Bonchev–Trinajstić information content (AvgIpc) is 2.10. The maximum atomic E-state index is 11.1. The molecule has 5 heteroatoms. The van der Waals surface area contributed by atoms with Crippen molar-refractivity contribution in [2.24, 2.45) is 0 Å². The predicted molar refractivity (Wildman–Crippen MR) is 53.9 cm³/mol. The standard InChI is InChI=1S/C8H5IN2O2/c9-6-2-1-5(3-7(6)12)8(13)11-4-10/h1-3,12H,(H,11,13). The third kappa shape index (κ3) is 2.32. The third-order valence-electron chi connectivity index (χ3n) is 1.38. The number of hydrogen-bond acceptors (Lipinski definition) is 3. The van der Waals surface area contributed by atoms with Crippen molar-refractivity contribution < 1.29 is 9.90 Å². The molecule has 1 aromatic rings. The molecule has 13 heavy (non-hydrogen) atoms. The lowest BCUT2D eigenvalue weighted by atomic mass is 10.2. The molecule has 0 radical (unpaired) electrons. The Bertz CT molecular complexity index is 384. The van der Waals surface area contributed by atoms with E-state index in [1.54, 1.807) is 6.07 Å². The van der Waals surface area contributed by atoms with E-state index in [1.165, 1.54) is 18.3 Å².